The summed E-state index contributed by atoms with van der Waals surface area (Å²) < 4.78 is 7.03. The first-order chi connectivity index (χ1) is 16.1. The van der Waals surface area contributed by atoms with Crippen molar-refractivity contribution < 1.29 is 9.53 Å². The van der Waals surface area contributed by atoms with E-state index in [0.29, 0.717) is 28.4 Å². The molecule has 0 spiro atoms. The van der Waals surface area contributed by atoms with Gasteiger partial charge >= 0.3 is 0 Å². The zero-order chi connectivity index (χ0) is 23.2. The third kappa shape index (κ3) is 5.32. The molecule has 2 heterocycles. The molecule has 4 rings (SSSR count). The van der Waals surface area contributed by atoms with E-state index in [1.54, 1.807) is 41.8 Å². The zero-order valence-electron chi connectivity index (χ0n) is 18.1. The number of rotatable bonds is 8. The Morgan fingerprint density at radius 3 is 2.73 bits per heavy atom. The Morgan fingerprint density at radius 1 is 1.21 bits per heavy atom. The molecule has 7 nitrogen and oxygen atoms in total. The summed E-state index contributed by atoms with van der Waals surface area (Å²) in [5, 5.41) is 6.94. The maximum absolute atomic E-state index is 13.3. The molecule has 0 aliphatic heterocycles. The van der Waals surface area contributed by atoms with Crippen molar-refractivity contribution in [3.8, 4) is 11.4 Å². The van der Waals surface area contributed by atoms with Crippen molar-refractivity contribution in [2.45, 2.75) is 19.0 Å². The van der Waals surface area contributed by atoms with Crippen LogP contribution in [0.4, 0.5) is 0 Å². The standard InChI is InChI=1S/C24H22N4O3S2/c1-3-31-18-10-8-17(9-11-18)28-23(30)19-6-4-5-7-20(19)26-24(28)33-15-22(29)27-25-14-21-16(2)12-13-32-21/h4-14H,3,15H2,1-2H3,(H,27,29). The number of hydrazone groups is 1. The fourth-order valence-corrected chi connectivity index (χ4v) is 4.73. The van der Waals surface area contributed by atoms with Crippen molar-refractivity contribution in [2.24, 2.45) is 5.10 Å². The minimum absolute atomic E-state index is 0.0581. The van der Waals surface area contributed by atoms with Crippen molar-refractivity contribution in [3.63, 3.8) is 0 Å². The lowest BCUT2D eigenvalue weighted by atomic mass is 10.2. The molecule has 0 aliphatic rings. The van der Waals surface area contributed by atoms with Gasteiger partial charge in [-0.15, -0.1) is 11.3 Å². The summed E-state index contributed by atoms with van der Waals surface area (Å²) in [6, 6.07) is 16.4. The smallest absolute Gasteiger partial charge is 0.266 e. The maximum atomic E-state index is 13.3. The number of hydrogen-bond acceptors (Lipinski definition) is 7. The van der Waals surface area contributed by atoms with Crippen LogP contribution in [0.15, 0.2) is 75.0 Å². The Morgan fingerprint density at radius 2 is 2.00 bits per heavy atom. The minimum atomic E-state index is -0.286. The van der Waals surface area contributed by atoms with E-state index in [1.807, 2.05) is 49.6 Å². The van der Waals surface area contributed by atoms with Gasteiger partial charge in [0.25, 0.3) is 11.5 Å². The number of ether oxygens (including phenoxy) is 1. The molecule has 0 aliphatic carbocycles. The molecular formula is C24H22N4O3S2. The van der Waals surface area contributed by atoms with E-state index in [1.165, 1.54) is 16.3 Å². The van der Waals surface area contributed by atoms with Crippen LogP contribution in [-0.4, -0.2) is 34.0 Å². The summed E-state index contributed by atoms with van der Waals surface area (Å²) in [7, 11) is 0. The van der Waals surface area contributed by atoms with Crippen LogP contribution in [0.2, 0.25) is 0 Å². The van der Waals surface area contributed by atoms with Gasteiger partial charge in [0.1, 0.15) is 5.75 Å². The predicted octanol–water partition coefficient (Wildman–Crippen LogP) is 4.40. The van der Waals surface area contributed by atoms with Gasteiger partial charge in [0.15, 0.2) is 5.16 Å². The van der Waals surface area contributed by atoms with Crippen LogP contribution < -0.4 is 15.7 Å². The van der Waals surface area contributed by atoms with E-state index < -0.39 is 0 Å². The lowest BCUT2D eigenvalue weighted by Gasteiger charge is -2.13. The lowest BCUT2D eigenvalue weighted by molar-refractivity contribution is -0.118. The summed E-state index contributed by atoms with van der Waals surface area (Å²) in [6.45, 7) is 4.46. The number of thioether (sulfide) groups is 1. The van der Waals surface area contributed by atoms with Crippen molar-refractivity contribution >= 4 is 46.1 Å². The van der Waals surface area contributed by atoms with Crippen LogP contribution in [0.25, 0.3) is 16.6 Å². The van der Waals surface area contributed by atoms with Crippen LogP contribution >= 0.6 is 23.1 Å². The van der Waals surface area contributed by atoms with Gasteiger partial charge in [-0.2, -0.15) is 5.10 Å². The Balaban J connectivity index is 1.58. The van der Waals surface area contributed by atoms with E-state index in [-0.39, 0.29) is 17.2 Å². The fraction of sp³-hybridized carbons (Fsp3) is 0.167. The molecule has 0 atom stereocenters. The topological polar surface area (TPSA) is 85.6 Å². The highest BCUT2D eigenvalue weighted by atomic mass is 32.2. The van der Waals surface area contributed by atoms with Crippen LogP contribution in [0.5, 0.6) is 5.75 Å². The van der Waals surface area contributed by atoms with Crippen molar-refractivity contribution in [1.82, 2.24) is 15.0 Å². The summed E-state index contributed by atoms with van der Waals surface area (Å²) in [4.78, 5) is 31.3. The number of nitrogens with zero attached hydrogens (tertiary/aromatic N) is 3. The third-order valence-electron chi connectivity index (χ3n) is 4.76. The second kappa shape index (κ2) is 10.5. The van der Waals surface area contributed by atoms with Crippen molar-refractivity contribution in [3.05, 3.63) is 80.8 Å². The van der Waals surface area contributed by atoms with Crippen LogP contribution in [0.1, 0.15) is 17.4 Å². The van der Waals surface area contributed by atoms with E-state index in [9.17, 15) is 9.59 Å². The molecule has 0 radical (unpaired) electrons. The van der Waals surface area contributed by atoms with E-state index in [4.69, 9.17) is 4.74 Å². The second-order valence-corrected chi connectivity index (χ2v) is 8.92. The van der Waals surface area contributed by atoms with Crippen molar-refractivity contribution in [2.75, 3.05) is 12.4 Å². The van der Waals surface area contributed by atoms with Gasteiger partial charge < -0.3 is 4.74 Å². The zero-order valence-corrected chi connectivity index (χ0v) is 19.8. The molecule has 1 N–H and O–H groups in total. The number of carbonyl (C=O) groups excluding carboxylic acids is 1. The van der Waals surface area contributed by atoms with Gasteiger partial charge in [0.2, 0.25) is 0 Å². The third-order valence-corrected chi connectivity index (χ3v) is 6.65. The number of aryl methyl sites for hydroxylation is 1. The summed E-state index contributed by atoms with van der Waals surface area (Å²) >= 11 is 2.74. The molecule has 2 aromatic heterocycles. The maximum Gasteiger partial charge on any atom is 0.266 e. The van der Waals surface area contributed by atoms with Crippen LogP contribution in [-0.2, 0) is 4.79 Å². The van der Waals surface area contributed by atoms with Gasteiger partial charge in [0, 0.05) is 4.88 Å². The first kappa shape index (κ1) is 22.8. The molecule has 0 fully saturated rings. The number of aromatic nitrogens is 2. The average molecular weight is 479 g/mol. The number of nitrogens with one attached hydrogen (secondary N) is 1. The highest BCUT2D eigenvalue weighted by Crippen LogP contribution is 2.23. The summed E-state index contributed by atoms with van der Waals surface area (Å²) in [6.07, 6.45) is 1.63. The number of fused-ring (bicyclic) bond motifs is 1. The van der Waals surface area contributed by atoms with Crippen LogP contribution in [0.3, 0.4) is 0 Å². The first-order valence-corrected chi connectivity index (χ1v) is 12.2. The number of carbonyl (C=O) groups is 1. The van der Waals surface area contributed by atoms with Gasteiger partial charge in [-0.25, -0.2) is 10.4 Å². The molecule has 1 amide bonds. The highest BCUT2D eigenvalue weighted by molar-refractivity contribution is 7.99. The quantitative estimate of drug-likeness (QED) is 0.176. The molecule has 0 bridgehead atoms. The lowest BCUT2D eigenvalue weighted by Crippen LogP contribution is -2.24. The molecule has 9 heteroatoms. The number of amides is 1. The van der Waals surface area contributed by atoms with Gasteiger partial charge in [-0.3, -0.25) is 14.2 Å². The summed E-state index contributed by atoms with van der Waals surface area (Å²) in [5.41, 5.74) is 4.67. The Kier molecular flexibility index (Phi) is 7.21. The van der Waals surface area contributed by atoms with Gasteiger partial charge in [-0.1, -0.05) is 23.9 Å². The number of hydrogen-bond donors (Lipinski definition) is 1. The van der Waals surface area contributed by atoms with Crippen molar-refractivity contribution in [1.29, 1.82) is 0 Å². The number of para-hydroxylation sites is 1. The Hall–Kier alpha value is -3.43. The molecule has 4 aromatic rings. The molecule has 2 aromatic carbocycles. The average Bonchev–Trinajstić information content (AvgIpc) is 3.23. The van der Waals surface area contributed by atoms with E-state index in [2.05, 4.69) is 15.5 Å². The Bertz CT molecular complexity index is 1360. The molecule has 0 unspecified atom stereocenters. The molecule has 33 heavy (non-hydrogen) atoms. The fourth-order valence-electron chi connectivity index (χ4n) is 3.14. The van der Waals surface area contributed by atoms with Crippen LogP contribution in [0, 0.1) is 6.92 Å². The predicted molar refractivity (Wildman–Crippen MR) is 134 cm³/mol. The monoisotopic (exact) mass is 478 g/mol. The normalized spacial score (nSPS) is 11.2. The van der Waals surface area contributed by atoms with Gasteiger partial charge in [0.05, 0.1) is 35.2 Å². The minimum Gasteiger partial charge on any atom is -0.494 e. The second-order valence-electron chi connectivity index (χ2n) is 7.03. The van der Waals surface area contributed by atoms with E-state index >= 15 is 0 Å². The van der Waals surface area contributed by atoms with E-state index in [0.717, 1.165) is 16.2 Å². The summed E-state index contributed by atoms with van der Waals surface area (Å²) in [5.74, 6) is 0.490. The molecular weight excluding hydrogens is 456 g/mol. The highest BCUT2D eigenvalue weighted by Gasteiger charge is 2.15. The Labute approximate surface area is 199 Å². The number of thiophene rings is 1. The van der Waals surface area contributed by atoms with Gasteiger partial charge in [-0.05, 0) is 67.3 Å². The molecule has 0 saturated heterocycles. The number of benzene rings is 2. The first-order valence-electron chi connectivity index (χ1n) is 10.3. The molecule has 168 valence electrons. The SMILES string of the molecule is CCOc1ccc(-n2c(SCC(=O)NN=Cc3sccc3C)nc3ccccc3c2=O)cc1. The largest absolute Gasteiger partial charge is 0.494 e. The molecule has 0 saturated carbocycles.